The van der Waals surface area contributed by atoms with Crippen LogP contribution < -0.4 is 10.0 Å². The van der Waals surface area contributed by atoms with Crippen molar-refractivity contribution in [2.45, 2.75) is 116 Å². The number of carbonyl (C=O) groups is 2. The van der Waals surface area contributed by atoms with E-state index in [1.165, 1.54) is 53.9 Å². The van der Waals surface area contributed by atoms with Gasteiger partial charge in [-0.3, -0.25) is 14.3 Å². The van der Waals surface area contributed by atoms with Gasteiger partial charge in [-0.1, -0.05) is 58.9 Å². The third-order valence-electron chi connectivity index (χ3n) is 7.23. The third kappa shape index (κ3) is 9.05. The van der Waals surface area contributed by atoms with E-state index in [4.69, 9.17) is 4.98 Å². The summed E-state index contributed by atoms with van der Waals surface area (Å²) in [6, 6.07) is 6.63. The van der Waals surface area contributed by atoms with E-state index in [0.29, 0.717) is 23.9 Å². The first-order valence-corrected chi connectivity index (χ1v) is 15.8. The molecule has 0 unspecified atom stereocenters. The molecule has 3 rings (SSSR count). The van der Waals surface area contributed by atoms with Crippen molar-refractivity contribution in [1.29, 1.82) is 0 Å². The number of aromatic nitrogens is 1. The number of nitrogens with zero attached hydrogens (tertiary/aromatic N) is 1. The van der Waals surface area contributed by atoms with Crippen molar-refractivity contribution >= 4 is 35.2 Å². The number of amides is 1. The Labute approximate surface area is 243 Å². The van der Waals surface area contributed by atoms with E-state index in [1.807, 2.05) is 0 Å². The number of carboxylic acids is 1. The van der Waals surface area contributed by atoms with Gasteiger partial charge in [-0.25, -0.2) is 4.98 Å². The van der Waals surface area contributed by atoms with Crippen LogP contribution in [0, 0.1) is 11.3 Å². The highest BCUT2D eigenvalue weighted by Crippen LogP contribution is 2.40. The number of hydrogen-bond donors (Lipinski definition) is 3. The second-order valence-electron chi connectivity index (χ2n) is 13.6. The minimum Gasteiger partial charge on any atom is -0.481 e. The number of carbonyl (C=O) groups excluding carboxylic acids is 1. The molecular formula is C31H47N3O3S2. The van der Waals surface area contributed by atoms with Crippen molar-refractivity contribution in [3.63, 3.8) is 0 Å². The highest BCUT2D eigenvalue weighted by Gasteiger charge is 2.28. The van der Waals surface area contributed by atoms with Gasteiger partial charge in [0.25, 0.3) is 5.91 Å². The summed E-state index contributed by atoms with van der Waals surface area (Å²) < 4.78 is 3.55. The van der Waals surface area contributed by atoms with E-state index in [1.54, 1.807) is 25.8 Å². The monoisotopic (exact) mass is 573 g/mol. The van der Waals surface area contributed by atoms with E-state index in [9.17, 15) is 14.7 Å². The maximum Gasteiger partial charge on any atom is 0.309 e. The van der Waals surface area contributed by atoms with E-state index in [0.717, 1.165) is 22.6 Å². The van der Waals surface area contributed by atoms with Crippen molar-refractivity contribution in [2.24, 2.45) is 11.3 Å². The van der Waals surface area contributed by atoms with Crippen LogP contribution in [0.4, 0.5) is 0 Å². The van der Waals surface area contributed by atoms with E-state index >= 15 is 0 Å². The molecule has 0 saturated heterocycles. The van der Waals surface area contributed by atoms with Gasteiger partial charge in [0.05, 0.1) is 16.0 Å². The molecule has 1 aromatic carbocycles. The van der Waals surface area contributed by atoms with Crippen molar-refractivity contribution in [2.75, 3.05) is 6.54 Å². The van der Waals surface area contributed by atoms with Crippen LogP contribution in [0.15, 0.2) is 23.1 Å². The first-order chi connectivity index (χ1) is 18.1. The number of rotatable bonds is 10. The highest BCUT2D eigenvalue weighted by atomic mass is 32.2. The fourth-order valence-corrected chi connectivity index (χ4v) is 6.74. The van der Waals surface area contributed by atoms with E-state index in [-0.39, 0.29) is 16.9 Å². The maximum absolute atomic E-state index is 13.1. The SMILES string of the molecule is CC(C)(C)NSc1ccc(-c2sc(C(=O)NCCC(C)(C)C(=O)O)nc2CC2CCCCC2)cc1C(C)(C)C. The summed E-state index contributed by atoms with van der Waals surface area (Å²) in [7, 11) is 0. The number of carboxylic acid groups (broad SMARTS) is 1. The first-order valence-electron chi connectivity index (χ1n) is 14.2. The molecule has 1 aliphatic carbocycles. The molecule has 6 nitrogen and oxygen atoms in total. The first kappa shape index (κ1) is 31.6. The Bertz CT molecular complexity index is 1150. The molecule has 0 aliphatic heterocycles. The highest BCUT2D eigenvalue weighted by molar-refractivity contribution is 7.97. The van der Waals surface area contributed by atoms with Crippen LogP contribution in [0.3, 0.4) is 0 Å². The lowest BCUT2D eigenvalue weighted by Gasteiger charge is -2.26. The topological polar surface area (TPSA) is 91.3 Å². The molecule has 8 heteroatoms. The van der Waals surface area contributed by atoms with Crippen LogP contribution >= 0.6 is 23.3 Å². The van der Waals surface area contributed by atoms with Gasteiger partial charge in [-0.15, -0.1) is 11.3 Å². The fourth-order valence-electron chi connectivity index (χ4n) is 4.70. The summed E-state index contributed by atoms with van der Waals surface area (Å²) in [5.41, 5.74) is 2.43. The zero-order valence-corrected chi connectivity index (χ0v) is 26.6. The molecule has 0 atom stereocenters. The second kappa shape index (κ2) is 12.7. The summed E-state index contributed by atoms with van der Waals surface area (Å²) in [6.45, 7) is 16.8. The van der Waals surface area contributed by atoms with Crippen molar-refractivity contribution < 1.29 is 14.7 Å². The minimum atomic E-state index is -0.890. The quantitative estimate of drug-likeness (QED) is 0.251. The summed E-state index contributed by atoms with van der Waals surface area (Å²) in [5, 5.41) is 12.8. The minimum absolute atomic E-state index is 0.00866. The zero-order chi connectivity index (χ0) is 29.0. The molecule has 216 valence electrons. The van der Waals surface area contributed by atoms with Crippen LogP contribution in [-0.4, -0.2) is 34.1 Å². The Morgan fingerprint density at radius 2 is 1.72 bits per heavy atom. The van der Waals surface area contributed by atoms with Crippen LogP contribution in [-0.2, 0) is 16.6 Å². The molecule has 0 spiro atoms. The van der Waals surface area contributed by atoms with Gasteiger partial charge >= 0.3 is 5.97 Å². The van der Waals surface area contributed by atoms with E-state index in [2.05, 4.69) is 69.8 Å². The molecule has 0 radical (unpaired) electrons. The summed E-state index contributed by atoms with van der Waals surface area (Å²) in [5.74, 6) is -0.494. The van der Waals surface area contributed by atoms with Crippen molar-refractivity contribution in [3.05, 3.63) is 34.5 Å². The van der Waals surface area contributed by atoms with Crippen LogP contribution in [0.2, 0.25) is 0 Å². The molecular weight excluding hydrogens is 526 g/mol. The summed E-state index contributed by atoms with van der Waals surface area (Å²) in [6.07, 6.45) is 7.50. The van der Waals surface area contributed by atoms with Gasteiger partial charge in [0, 0.05) is 17.0 Å². The van der Waals surface area contributed by atoms with Crippen molar-refractivity contribution in [1.82, 2.24) is 15.0 Å². The van der Waals surface area contributed by atoms with Gasteiger partial charge in [0.15, 0.2) is 5.01 Å². The Hall–Kier alpha value is -1.90. The smallest absolute Gasteiger partial charge is 0.309 e. The van der Waals surface area contributed by atoms with Crippen LogP contribution in [0.1, 0.15) is 115 Å². The third-order valence-corrected chi connectivity index (χ3v) is 9.67. The van der Waals surface area contributed by atoms with Crippen LogP contribution in [0.25, 0.3) is 10.4 Å². The Morgan fingerprint density at radius 3 is 2.31 bits per heavy atom. The Kier molecular flexibility index (Phi) is 10.3. The average Bonchev–Trinajstić information content (AvgIpc) is 3.26. The molecule has 1 amide bonds. The Morgan fingerprint density at radius 1 is 1.05 bits per heavy atom. The number of aliphatic carboxylic acids is 1. The second-order valence-corrected chi connectivity index (χ2v) is 15.5. The molecule has 3 N–H and O–H groups in total. The molecule has 0 bridgehead atoms. The molecule has 39 heavy (non-hydrogen) atoms. The predicted octanol–water partition coefficient (Wildman–Crippen LogP) is 7.86. The van der Waals surface area contributed by atoms with Crippen LogP contribution in [0.5, 0.6) is 0 Å². The fraction of sp³-hybridized carbons (Fsp3) is 0.645. The molecule has 1 aliphatic rings. The van der Waals surface area contributed by atoms with E-state index < -0.39 is 11.4 Å². The molecule has 1 aromatic heterocycles. The number of nitrogens with one attached hydrogen (secondary N) is 2. The van der Waals surface area contributed by atoms with Gasteiger partial charge in [-0.05, 0) is 94.0 Å². The summed E-state index contributed by atoms with van der Waals surface area (Å²) in [4.78, 5) is 31.7. The normalized spacial score (nSPS) is 15.4. The molecule has 1 fully saturated rings. The standard InChI is InChI=1S/C31H47N3O3S2/c1-29(2,3)22-19-21(14-15-24(22)39-34-30(4,5)6)25-23(18-20-12-10-9-11-13-20)33-27(38-25)26(35)32-17-16-31(7,8)28(36)37/h14-15,19-20,34H,9-13,16-18H2,1-8H3,(H,32,35)(H,36,37). The lowest BCUT2D eigenvalue weighted by atomic mass is 9.84. The summed E-state index contributed by atoms with van der Waals surface area (Å²) >= 11 is 3.13. The molecule has 1 heterocycles. The largest absolute Gasteiger partial charge is 0.481 e. The number of benzene rings is 1. The van der Waals surface area contributed by atoms with Gasteiger partial charge in [-0.2, -0.15) is 0 Å². The maximum atomic E-state index is 13.1. The zero-order valence-electron chi connectivity index (χ0n) is 25.0. The lowest BCUT2D eigenvalue weighted by Crippen LogP contribution is -2.31. The molecule has 2 aromatic rings. The number of thiazole rings is 1. The lowest BCUT2D eigenvalue weighted by molar-refractivity contribution is -0.147. The predicted molar refractivity (Wildman–Crippen MR) is 164 cm³/mol. The van der Waals surface area contributed by atoms with Gasteiger partial charge < -0.3 is 10.4 Å². The molecule has 1 saturated carbocycles. The van der Waals surface area contributed by atoms with Gasteiger partial charge in [0.2, 0.25) is 0 Å². The van der Waals surface area contributed by atoms with Crippen molar-refractivity contribution in [3.8, 4) is 10.4 Å². The number of hydrogen-bond acceptors (Lipinski definition) is 6. The Balaban J connectivity index is 1.93. The van der Waals surface area contributed by atoms with Gasteiger partial charge in [0.1, 0.15) is 0 Å². The average molecular weight is 574 g/mol.